The number of piperidine rings is 2. The number of nitrogens with zero attached hydrogens (tertiary/aromatic N) is 2. The van der Waals surface area contributed by atoms with E-state index in [4.69, 9.17) is 0 Å². The molecule has 2 saturated carbocycles. The summed E-state index contributed by atoms with van der Waals surface area (Å²) in [5, 5.41) is 0. The molecule has 2 heterocycles. The predicted octanol–water partition coefficient (Wildman–Crippen LogP) is 3.23. The minimum atomic E-state index is 0.565. The Kier molecular flexibility index (Phi) is 3.20. The van der Waals surface area contributed by atoms with Crippen LogP contribution >= 0.6 is 0 Å². The fourth-order valence-corrected chi connectivity index (χ4v) is 6.64. The molecule has 4 rings (SSSR count). The smallest absolute Gasteiger partial charge is 0.0249 e. The van der Waals surface area contributed by atoms with Crippen LogP contribution in [0.1, 0.15) is 51.9 Å². The van der Waals surface area contributed by atoms with Gasteiger partial charge in [-0.25, -0.2) is 0 Å². The van der Waals surface area contributed by atoms with E-state index in [0.717, 1.165) is 29.7 Å². The standard InChI is InChI=1S/C18H32N2/c1-13-8-14-11-18(6-4-5-7-20(18)3)15-10-16(14)17(9-13)19(2)12-15/h13-17H,4-12H2,1-3H3/t13-,14+,15-,16-,17+,18-/m1/s1. The molecule has 0 radical (unpaired) electrons. The van der Waals surface area contributed by atoms with E-state index in [0.29, 0.717) is 5.54 Å². The van der Waals surface area contributed by atoms with Gasteiger partial charge in [0.05, 0.1) is 0 Å². The summed E-state index contributed by atoms with van der Waals surface area (Å²) >= 11 is 0. The van der Waals surface area contributed by atoms with Crippen molar-refractivity contribution >= 4 is 0 Å². The van der Waals surface area contributed by atoms with E-state index in [9.17, 15) is 0 Å². The summed E-state index contributed by atoms with van der Waals surface area (Å²) in [6.07, 6.45) is 10.4. The van der Waals surface area contributed by atoms with E-state index in [1.807, 2.05) is 0 Å². The van der Waals surface area contributed by atoms with Gasteiger partial charge in [-0.2, -0.15) is 0 Å². The van der Waals surface area contributed by atoms with Gasteiger partial charge in [0.25, 0.3) is 0 Å². The van der Waals surface area contributed by atoms with Gasteiger partial charge in [0.2, 0.25) is 0 Å². The molecule has 1 spiro atoms. The quantitative estimate of drug-likeness (QED) is 0.670. The Labute approximate surface area is 124 Å². The van der Waals surface area contributed by atoms with Gasteiger partial charge >= 0.3 is 0 Å². The van der Waals surface area contributed by atoms with Crippen molar-refractivity contribution < 1.29 is 0 Å². The summed E-state index contributed by atoms with van der Waals surface area (Å²) in [5.74, 6) is 3.94. The first-order chi connectivity index (χ1) is 9.60. The molecule has 114 valence electrons. The van der Waals surface area contributed by atoms with Crippen LogP contribution in [0.5, 0.6) is 0 Å². The van der Waals surface area contributed by atoms with Crippen molar-refractivity contribution in [3.8, 4) is 0 Å². The van der Waals surface area contributed by atoms with Gasteiger partial charge in [-0.1, -0.05) is 13.3 Å². The molecule has 2 saturated heterocycles. The minimum Gasteiger partial charge on any atom is -0.303 e. The molecule has 2 aliphatic heterocycles. The van der Waals surface area contributed by atoms with Crippen molar-refractivity contribution in [3.05, 3.63) is 0 Å². The topological polar surface area (TPSA) is 6.48 Å². The van der Waals surface area contributed by atoms with Gasteiger partial charge in [-0.05, 0) is 82.8 Å². The lowest BCUT2D eigenvalue weighted by molar-refractivity contribution is -0.128. The van der Waals surface area contributed by atoms with Crippen LogP contribution in [0.2, 0.25) is 0 Å². The Morgan fingerprint density at radius 2 is 1.90 bits per heavy atom. The second-order valence-electron chi connectivity index (χ2n) is 8.63. The van der Waals surface area contributed by atoms with Crippen molar-refractivity contribution in [2.24, 2.45) is 23.7 Å². The van der Waals surface area contributed by atoms with E-state index in [1.54, 1.807) is 0 Å². The maximum absolute atomic E-state index is 2.78. The van der Waals surface area contributed by atoms with E-state index in [2.05, 4.69) is 30.8 Å². The van der Waals surface area contributed by atoms with Gasteiger partial charge in [0.15, 0.2) is 0 Å². The first kappa shape index (κ1) is 13.6. The second-order valence-corrected chi connectivity index (χ2v) is 8.63. The molecule has 0 unspecified atom stereocenters. The molecular weight excluding hydrogens is 244 g/mol. The number of likely N-dealkylation sites (tertiary alicyclic amines) is 2. The third-order valence-electron chi connectivity index (χ3n) is 7.57. The van der Waals surface area contributed by atoms with Gasteiger partial charge in [-0.15, -0.1) is 0 Å². The van der Waals surface area contributed by atoms with Crippen LogP contribution in [0.15, 0.2) is 0 Å². The van der Waals surface area contributed by atoms with Crippen LogP contribution in [0, 0.1) is 23.7 Å². The normalized spacial score (nSPS) is 53.2. The highest BCUT2D eigenvalue weighted by Crippen LogP contribution is 2.56. The Balaban J connectivity index is 1.68. The highest BCUT2D eigenvalue weighted by Gasteiger charge is 2.56. The summed E-state index contributed by atoms with van der Waals surface area (Å²) in [6, 6.07) is 0.909. The van der Waals surface area contributed by atoms with Crippen molar-refractivity contribution in [2.45, 2.75) is 63.5 Å². The van der Waals surface area contributed by atoms with Crippen LogP contribution in [0.3, 0.4) is 0 Å². The van der Waals surface area contributed by atoms with Gasteiger partial charge in [0, 0.05) is 18.1 Å². The Hall–Kier alpha value is -0.0800. The average molecular weight is 276 g/mol. The lowest BCUT2D eigenvalue weighted by Crippen LogP contribution is -2.67. The molecule has 0 aromatic heterocycles. The molecule has 6 atom stereocenters. The fraction of sp³-hybridized carbons (Fsp3) is 1.00. The molecule has 2 bridgehead atoms. The first-order valence-electron chi connectivity index (χ1n) is 9.01. The SMILES string of the molecule is C[C@@H]1C[C@H]2C[C@]3(CCCCN3C)[C@@H]3C[C@H]2[C@H](C1)N(C)C3. The number of fused-ring (bicyclic) bond motifs is 2. The fourth-order valence-electron chi connectivity index (χ4n) is 6.64. The molecular formula is C18H32N2. The van der Waals surface area contributed by atoms with Crippen molar-refractivity contribution in [1.82, 2.24) is 9.80 Å². The Morgan fingerprint density at radius 1 is 1.05 bits per heavy atom. The molecule has 20 heavy (non-hydrogen) atoms. The van der Waals surface area contributed by atoms with Gasteiger partial charge in [0.1, 0.15) is 0 Å². The van der Waals surface area contributed by atoms with Crippen molar-refractivity contribution in [2.75, 3.05) is 27.2 Å². The molecule has 2 nitrogen and oxygen atoms in total. The van der Waals surface area contributed by atoms with Crippen LogP contribution in [0.25, 0.3) is 0 Å². The average Bonchev–Trinajstić information content (AvgIpc) is 2.42. The van der Waals surface area contributed by atoms with Crippen LogP contribution in [0.4, 0.5) is 0 Å². The zero-order valence-corrected chi connectivity index (χ0v) is 13.6. The van der Waals surface area contributed by atoms with E-state index >= 15 is 0 Å². The third-order valence-corrected chi connectivity index (χ3v) is 7.57. The molecule has 0 amide bonds. The van der Waals surface area contributed by atoms with E-state index in [1.165, 1.54) is 58.0 Å². The molecule has 0 aromatic rings. The molecule has 4 aliphatic rings. The summed E-state index contributed by atoms with van der Waals surface area (Å²) < 4.78 is 0. The molecule has 2 heteroatoms. The zero-order chi connectivity index (χ0) is 13.9. The highest BCUT2D eigenvalue weighted by atomic mass is 15.2. The number of hydrogen-bond acceptors (Lipinski definition) is 2. The van der Waals surface area contributed by atoms with Crippen molar-refractivity contribution in [1.29, 1.82) is 0 Å². The van der Waals surface area contributed by atoms with Crippen LogP contribution < -0.4 is 0 Å². The second kappa shape index (κ2) is 4.71. The Bertz CT molecular complexity index is 382. The molecule has 4 fully saturated rings. The van der Waals surface area contributed by atoms with Gasteiger partial charge < -0.3 is 9.80 Å². The maximum atomic E-state index is 2.78. The number of hydrogen-bond donors (Lipinski definition) is 0. The van der Waals surface area contributed by atoms with Crippen molar-refractivity contribution in [3.63, 3.8) is 0 Å². The van der Waals surface area contributed by atoms with Crippen LogP contribution in [-0.2, 0) is 0 Å². The molecule has 2 aliphatic carbocycles. The monoisotopic (exact) mass is 276 g/mol. The van der Waals surface area contributed by atoms with Gasteiger partial charge in [-0.3, -0.25) is 0 Å². The minimum absolute atomic E-state index is 0.565. The lowest BCUT2D eigenvalue weighted by atomic mass is 9.53. The first-order valence-corrected chi connectivity index (χ1v) is 9.01. The number of rotatable bonds is 0. The van der Waals surface area contributed by atoms with Crippen LogP contribution in [-0.4, -0.2) is 48.6 Å². The van der Waals surface area contributed by atoms with E-state index in [-0.39, 0.29) is 0 Å². The third kappa shape index (κ3) is 1.83. The predicted molar refractivity (Wildman–Crippen MR) is 83.7 cm³/mol. The molecule has 0 N–H and O–H groups in total. The highest BCUT2D eigenvalue weighted by molar-refractivity contribution is 5.10. The zero-order valence-electron chi connectivity index (χ0n) is 13.6. The summed E-state index contributed by atoms with van der Waals surface area (Å²) in [7, 11) is 4.85. The lowest BCUT2D eigenvalue weighted by Gasteiger charge is -2.64. The maximum Gasteiger partial charge on any atom is 0.0249 e. The summed E-state index contributed by atoms with van der Waals surface area (Å²) in [4.78, 5) is 5.54. The Morgan fingerprint density at radius 3 is 2.70 bits per heavy atom. The van der Waals surface area contributed by atoms with E-state index < -0.39 is 0 Å². The summed E-state index contributed by atoms with van der Waals surface area (Å²) in [5.41, 5.74) is 0.565. The summed E-state index contributed by atoms with van der Waals surface area (Å²) in [6.45, 7) is 5.21. The largest absolute Gasteiger partial charge is 0.303 e. The molecule has 0 aromatic carbocycles.